The molecule has 0 aliphatic carbocycles. The Morgan fingerprint density at radius 2 is 2.35 bits per heavy atom. The zero-order chi connectivity index (χ0) is 12.3. The second-order valence-electron chi connectivity index (χ2n) is 3.81. The summed E-state index contributed by atoms with van der Waals surface area (Å²) in [6, 6.07) is -0.0725. The molecule has 8 heteroatoms. The van der Waals surface area contributed by atoms with E-state index in [1.807, 2.05) is 11.9 Å². The highest BCUT2D eigenvalue weighted by Crippen LogP contribution is 2.10. The van der Waals surface area contributed by atoms with Crippen molar-refractivity contribution in [1.29, 1.82) is 0 Å². The van der Waals surface area contributed by atoms with Gasteiger partial charge in [0.2, 0.25) is 0 Å². The van der Waals surface area contributed by atoms with E-state index in [2.05, 4.69) is 20.5 Å². The number of anilines is 1. The fraction of sp³-hybridized carbons (Fsp3) is 0.556. The van der Waals surface area contributed by atoms with E-state index in [1.165, 1.54) is 0 Å². The van der Waals surface area contributed by atoms with Crippen LogP contribution in [-0.4, -0.2) is 58.4 Å². The maximum Gasteiger partial charge on any atom is 0.199 e. The number of rotatable bonds is 5. The van der Waals surface area contributed by atoms with Crippen molar-refractivity contribution in [3.8, 4) is 0 Å². The number of nitrogens with two attached hydrogens (primary N) is 1. The van der Waals surface area contributed by atoms with Crippen molar-refractivity contribution >= 4 is 11.5 Å². The molecule has 92 valence electrons. The Balaban J connectivity index is 2.18. The lowest BCUT2D eigenvalue weighted by Gasteiger charge is -2.22. The van der Waals surface area contributed by atoms with Gasteiger partial charge in [-0.15, -0.1) is 5.10 Å². The summed E-state index contributed by atoms with van der Waals surface area (Å²) in [5.41, 5.74) is 6.50. The lowest BCUT2D eigenvalue weighted by atomic mass is 10.3. The average Bonchev–Trinajstić information content (AvgIpc) is 2.76. The van der Waals surface area contributed by atoms with Gasteiger partial charge in [-0.2, -0.15) is 4.52 Å². The number of likely N-dealkylation sites (N-methyl/N-ethyl adjacent to an activating group) is 1. The predicted molar refractivity (Wildman–Crippen MR) is 61.7 cm³/mol. The van der Waals surface area contributed by atoms with Crippen molar-refractivity contribution in [2.75, 3.05) is 32.2 Å². The molecule has 0 saturated carbocycles. The number of fused-ring (bicyclic) bond motifs is 1. The van der Waals surface area contributed by atoms with Crippen molar-refractivity contribution < 1.29 is 4.74 Å². The maximum atomic E-state index is 5.89. The maximum absolute atomic E-state index is 5.89. The molecule has 0 amide bonds. The van der Waals surface area contributed by atoms with E-state index in [1.54, 1.807) is 24.0 Å². The molecule has 2 aromatic heterocycles. The van der Waals surface area contributed by atoms with Crippen molar-refractivity contribution in [2.24, 2.45) is 5.73 Å². The Hall–Kier alpha value is -1.80. The van der Waals surface area contributed by atoms with Crippen molar-refractivity contribution in [2.45, 2.75) is 6.04 Å². The zero-order valence-electron chi connectivity index (χ0n) is 9.82. The first-order valence-electron chi connectivity index (χ1n) is 5.20. The second-order valence-corrected chi connectivity index (χ2v) is 3.81. The first-order chi connectivity index (χ1) is 8.22. The normalized spacial score (nSPS) is 12.9. The molecule has 1 atom stereocenters. The van der Waals surface area contributed by atoms with Crippen LogP contribution >= 0.6 is 0 Å². The Labute approximate surface area is 98.4 Å². The minimum absolute atomic E-state index is 0.0725. The molecule has 2 N–H and O–H groups in total. The van der Waals surface area contributed by atoms with E-state index in [0.29, 0.717) is 18.8 Å². The monoisotopic (exact) mass is 237 g/mol. The smallest absolute Gasteiger partial charge is 0.199 e. The van der Waals surface area contributed by atoms with Crippen molar-refractivity contribution in [3.63, 3.8) is 0 Å². The number of hydrogen-bond acceptors (Lipinski definition) is 7. The fourth-order valence-corrected chi connectivity index (χ4v) is 1.64. The van der Waals surface area contributed by atoms with Gasteiger partial charge in [-0.3, -0.25) is 4.98 Å². The van der Waals surface area contributed by atoms with Crippen LogP contribution in [0.25, 0.3) is 5.65 Å². The van der Waals surface area contributed by atoms with E-state index in [-0.39, 0.29) is 6.04 Å². The Morgan fingerprint density at radius 3 is 3.12 bits per heavy atom. The molecular weight excluding hydrogens is 222 g/mol. The third-order valence-corrected chi connectivity index (χ3v) is 2.37. The lowest BCUT2D eigenvalue weighted by molar-refractivity contribution is 0.181. The van der Waals surface area contributed by atoms with Crippen LogP contribution in [0.2, 0.25) is 0 Å². The minimum atomic E-state index is -0.0725. The number of ether oxygens (including phenoxy) is 1. The predicted octanol–water partition coefficient (Wildman–Crippen LogP) is -1.07. The quantitative estimate of drug-likeness (QED) is 0.707. The van der Waals surface area contributed by atoms with Gasteiger partial charge in [0.1, 0.15) is 0 Å². The first-order valence-corrected chi connectivity index (χ1v) is 5.20. The Kier molecular flexibility index (Phi) is 3.45. The standard InChI is InChI=1S/C9H15N7O/c1-15(5-7(10)6-17-2)9-4-11-3-8-12-13-14-16(8)9/h3-4,7H,5-6,10H2,1-2H3. The average molecular weight is 237 g/mol. The minimum Gasteiger partial charge on any atom is -0.383 e. The van der Waals surface area contributed by atoms with Crippen LogP contribution in [0.15, 0.2) is 12.4 Å². The molecule has 0 aliphatic rings. The summed E-state index contributed by atoms with van der Waals surface area (Å²) in [6.45, 7) is 1.14. The number of hydrogen-bond donors (Lipinski definition) is 1. The first kappa shape index (κ1) is 11.7. The number of methoxy groups -OCH3 is 1. The number of aromatic nitrogens is 5. The van der Waals surface area contributed by atoms with Crippen LogP contribution in [0.4, 0.5) is 5.82 Å². The van der Waals surface area contributed by atoms with Crippen LogP contribution in [0.5, 0.6) is 0 Å². The molecule has 0 saturated heterocycles. The molecule has 1 unspecified atom stereocenters. The SMILES string of the molecule is COCC(N)CN(C)c1cncc2nnnn12. The van der Waals surface area contributed by atoms with Gasteiger partial charge in [-0.25, -0.2) is 0 Å². The summed E-state index contributed by atoms with van der Waals surface area (Å²) in [5.74, 6) is 0.791. The molecule has 0 bridgehead atoms. The molecule has 0 fully saturated rings. The van der Waals surface area contributed by atoms with Gasteiger partial charge < -0.3 is 15.4 Å². The largest absolute Gasteiger partial charge is 0.383 e. The second kappa shape index (κ2) is 5.02. The molecule has 2 aromatic rings. The molecule has 2 rings (SSSR count). The molecule has 17 heavy (non-hydrogen) atoms. The van der Waals surface area contributed by atoms with Crippen molar-refractivity contribution in [3.05, 3.63) is 12.4 Å². The molecule has 8 nitrogen and oxygen atoms in total. The van der Waals surface area contributed by atoms with Gasteiger partial charge in [-0.05, 0) is 10.4 Å². The molecule has 0 aliphatic heterocycles. The third kappa shape index (κ3) is 2.48. The highest BCUT2D eigenvalue weighted by Gasteiger charge is 2.12. The lowest BCUT2D eigenvalue weighted by Crippen LogP contribution is -2.39. The summed E-state index contributed by atoms with van der Waals surface area (Å²) < 4.78 is 6.62. The summed E-state index contributed by atoms with van der Waals surface area (Å²) in [4.78, 5) is 6.03. The third-order valence-electron chi connectivity index (χ3n) is 2.37. The molecular formula is C9H15N7O. The summed E-state index contributed by atoms with van der Waals surface area (Å²) in [6.07, 6.45) is 3.30. The van der Waals surface area contributed by atoms with Crippen LogP contribution < -0.4 is 10.6 Å². The molecule has 0 spiro atoms. The van der Waals surface area contributed by atoms with Gasteiger partial charge in [0.25, 0.3) is 0 Å². The fourth-order valence-electron chi connectivity index (χ4n) is 1.64. The van der Waals surface area contributed by atoms with E-state index in [9.17, 15) is 0 Å². The van der Waals surface area contributed by atoms with Gasteiger partial charge in [-0.1, -0.05) is 0 Å². The summed E-state index contributed by atoms with van der Waals surface area (Å²) in [5, 5.41) is 11.3. The van der Waals surface area contributed by atoms with Gasteiger partial charge >= 0.3 is 0 Å². The number of tetrazole rings is 1. The Bertz CT molecular complexity index is 485. The van der Waals surface area contributed by atoms with Crippen LogP contribution in [0.1, 0.15) is 0 Å². The molecule has 2 heterocycles. The number of nitrogens with zero attached hydrogens (tertiary/aromatic N) is 6. The van der Waals surface area contributed by atoms with E-state index in [4.69, 9.17) is 10.5 Å². The van der Waals surface area contributed by atoms with E-state index < -0.39 is 0 Å². The highest BCUT2D eigenvalue weighted by molar-refractivity contribution is 5.45. The van der Waals surface area contributed by atoms with Crippen LogP contribution in [0, 0.1) is 0 Å². The Morgan fingerprint density at radius 1 is 1.53 bits per heavy atom. The topological polar surface area (TPSA) is 94.5 Å². The molecule has 0 aromatic carbocycles. The van der Waals surface area contributed by atoms with Crippen molar-refractivity contribution in [1.82, 2.24) is 25.0 Å². The zero-order valence-corrected chi connectivity index (χ0v) is 9.82. The van der Waals surface area contributed by atoms with Gasteiger partial charge in [0.05, 0.1) is 19.0 Å². The van der Waals surface area contributed by atoms with E-state index in [0.717, 1.165) is 5.82 Å². The molecule has 0 radical (unpaired) electrons. The van der Waals surface area contributed by atoms with E-state index >= 15 is 0 Å². The summed E-state index contributed by atoms with van der Waals surface area (Å²) >= 11 is 0. The van der Waals surface area contributed by atoms with Gasteiger partial charge in [0.15, 0.2) is 11.5 Å². The van der Waals surface area contributed by atoms with Gasteiger partial charge in [0, 0.05) is 26.7 Å². The van der Waals surface area contributed by atoms with Crippen LogP contribution in [-0.2, 0) is 4.74 Å². The summed E-state index contributed by atoms with van der Waals surface area (Å²) in [7, 11) is 3.54. The van der Waals surface area contributed by atoms with Crippen LogP contribution in [0.3, 0.4) is 0 Å². The highest BCUT2D eigenvalue weighted by atomic mass is 16.5.